The fourth-order valence-electron chi connectivity index (χ4n) is 1.67. The minimum atomic E-state index is -0.190. The van der Waals surface area contributed by atoms with Crippen molar-refractivity contribution in [3.63, 3.8) is 0 Å². The van der Waals surface area contributed by atoms with Crippen molar-refractivity contribution in [1.82, 2.24) is 0 Å². The maximum atomic E-state index is 11.1. The number of hydrogen-bond donors (Lipinski definition) is 2. The van der Waals surface area contributed by atoms with E-state index in [0.717, 1.165) is 12.1 Å². The number of ether oxygens (including phenoxy) is 1. The van der Waals surface area contributed by atoms with Gasteiger partial charge >= 0.3 is 5.97 Å². The van der Waals surface area contributed by atoms with E-state index in [9.17, 15) is 4.79 Å². The van der Waals surface area contributed by atoms with Crippen LogP contribution in [-0.4, -0.2) is 25.1 Å². The first kappa shape index (κ1) is 19.7. The standard InChI is InChI=1S/C15H23N3O2.HI/c1-3-12-7-9-13(10-8-12)18-15(16)17-11-5-6-14(19)20-4-2;/h7-10H,3-6,11H2,1-2H3,(H3,16,17,18);1H. The van der Waals surface area contributed by atoms with E-state index in [2.05, 4.69) is 29.4 Å². The molecule has 0 aliphatic rings. The predicted octanol–water partition coefficient (Wildman–Crippen LogP) is 2.94. The highest BCUT2D eigenvalue weighted by Gasteiger charge is 2.00. The van der Waals surface area contributed by atoms with Gasteiger partial charge in [0.05, 0.1) is 6.61 Å². The van der Waals surface area contributed by atoms with E-state index in [0.29, 0.717) is 32.0 Å². The van der Waals surface area contributed by atoms with Gasteiger partial charge in [0.1, 0.15) is 0 Å². The lowest BCUT2D eigenvalue weighted by Crippen LogP contribution is -2.22. The Hall–Kier alpha value is -1.31. The molecule has 0 saturated heterocycles. The molecular weight excluding hydrogens is 381 g/mol. The van der Waals surface area contributed by atoms with Crippen LogP contribution in [0.3, 0.4) is 0 Å². The molecule has 5 nitrogen and oxygen atoms in total. The molecule has 0 amide bonds. The van der Waals surface area contributed by atoms with Gasteiger partial charge in [-0.05, 0) is 37.5 Å². The van der Waals surface area contributed by atoms with E-state index in [-0.39, 0.29) is 29.9 Å². The molecular formula is C15H24IN3O2. The summed E-state index contributed by atoms with van der Waals surface area (Å²) < 4.78 is 4.83. The maximum Gasteiger partial charge on any atom is 0.305 e. The van der Waals surface area contributed by atoms with Gasteiger partial charge in [-0.3, -0.25) is 9.79 Å². The summed E-state index contributed by atoms with van der Waals surface area (Å²) in [5, 5.41) is 3.02. The van der Waals surface area contributed by atoms with Crippen molar-refractivity contribution in [3.8, 4) is 0 Å². The minimum Gasteiger partial charge on any atom is -0.466 e. The molecule has 0 aliphatic carbocycles. The number of carbonyl (C=O) groups excluding carboxylic acids is 1. The Balaban J connectivity index is 0.00000400. The van der Waals surface area contributed by atoms with Crippen LogP contribution >= 0.6 is 24.0 Å². The number of aliphatic imine (C=N–C) groups is 1. The van der Waals surface area contributed by atoms with Crippen LogP contribution in [0.1, 0.15) is 32.3 Å². The Kier molecular flexibility index (Phi) is 10.7. The summed E-state index contributed by atoms with van der Waals surface area (Å²) in [5.41, 5.74) is 7.96. The van der Waals surface area contributed by atoms with Crippen LogP contribution in [-0.2, 0) is 16.0 Å². The molecule has 1 rings (SSSR count). The van der Waals surface area contributed by atoms with Crippen LogP contribution in [0.4, 0.5) is 5.69 Å². The van der Waals surface area contributed by atoms with Crippen LogP contribution < -0.4 is 11.1 Å². The summed E-state index contributed by atoms with van der Waals surface area (Å²) in [6.45, 7) is 4.83. The lowest BCUT2D eigenvalue weighted by Gasteiger charge is -2.06. The van der Waals surface area contributed by atoms with Crippen LogP contribution in [0.5, 0.6) is 0 Å². The van der Waals surface area contributed by atoms with Gasteiger partial charge in [0, 0.05) is 18.7 Å². The molecule has 1 aromatic carbocycles. The van der Waals surface area contributed by atoms with E-state index >= 15 is 0 Å². The molecule has 0 atom stereocenters. The zero-order chi connectivity index (χ0) is 14.8. The summed E-state index contributed by atoms with van der Waals surface area (Å²) in [7, 11) is 0. The van der Waals surface area contributed by atoms with Crippen molar-refractivity contribution in [2.45, 2.75) is 33.1 Å². The summed E-state index contributed by atoms with van der Waals surface area (Å²) >= 11 is 0. The number of esters is 1. The fraction of sp³-hybridized carbons (Fsp3) is 0.467. The van der Waals surface area contributed by atoms with Crippen molar-refractivity contribution < 1.29 is 9.53 Å². The number of nitrogens with two attached hydrogens (primary N) is 1. The number of nitrogens with zero attached hydrogens (tertiary/aromatic N) is 1. The lowest BCUT2D eigenvalue weighted by molar-refractivity contribution is -0.143. The Bertz CT molecular complexity index is 447. The molecule has 0 radical (unpaired) electrons. The van der Waals surface area contributed by atoms with Crippen LogP contribution in [0.2, 0.25) is 0 Å². The number of carbonyl (C=O) groups is 1. The number of hydrogen-bond acceptors (Lipinski definition) is 3. The summed E-state index contributed by atoms with van der Waals surface area (Å²) in [5.74, 6) is 0.169. The SMILES string of the molecule is CCOC(=O)CCCN=C(N)Nc1ccc(CC)cc1.I. The number of guanidine groups is 1. The first-order valence-electron chi connectivity index (χ1n) is 6.97. The zero-order valence-electron chi connectivity index (χ0n) is 12.6. The number of benzene rings is 1. The van der Waals surface area contributed by atoms with Gasteiger partial charge in [-0.25, -0.2) is 0 Å². The third-order valence-electron chi connectivity index (χ3n) is 2.76. The number of anilines is 1. The maximum absolute atomic E-state index is 11.1. The van der Waals surface area contributed by atoms with Gasteiger partial charge in [-0.2, -0.15) is 0 Å². The van der Waals surface area contributed by atoms with Gasteiger partial charge in [-0.1, -0.05) is 19.1 Å². The van der Waals surface area contributed by atoms with E-state index < -0.39 is 0 Å². The first-order valence-corrected chi connectivity index (χ1v) is 6.97. The second-order valence-corrected chi connectivity index (χ2v) is 4.35. The quantitative estimate of drug-likeness (QED) is 0.241. The van der Waals surface area contributed by atoms with Gasteiger partial charge in [0.25, 0.3) is 0 Å². The highest BCUT2D eigenvalue weighted by Crippen LogP contribution is 2.09. The Morgan fingerprint density at radius 1 is 1.29 bits per heavy atom. The molecule has 1 aromatic rings. The third kappa shape index (κ3) is 8.54. The summed E-state index contributed by atoms with van der Waals surface area (Å²) in [6.07, 6.45) is 2.02. The fourth-order valence-corrected chi connectivity index (χ4v) is 1.67. The van der Waals surface area contributed by atoms with E-state index in [1.54, 1.807) is 6.92 Å². The molecule has 118 valence electrons. The average Bonchev–Trinajstić information content (AvgIpc) is 2.45. The van der Waals surface area contributed by atoms with Crippen molar-refractivity contribution in [1.29, 1.82) is 0 Å². The van der Waals surface area contributed by atoms with Crippen molar-refractivity contribution >= 4 is 41.6 Å². The monoisotopic (exact) mass is 405 g/mol. The topological polar surface area (TPSA) is 76.7 Å². The molecule has 0 aromatic heterocycles. The van der Waals surface area contributed by atoms with Gasteiger partial charge < -0.3 is 15.8 Å². The molecule has 6 heteroatoms. The highest BCUT2D eigenvalue weighted by molar-refractivity contribution is 14.0. The smallest absolute Gasteiger partial charge is 0.305 e. The van der Waals surface area contributed by atoms with E-state index in [1.807, 2.05) is 12.1 Å². The Morgan fingerprint density at radius 2 is 1.95 bits per heavy atom. The highest BCUT2D eigenvalue weighted by atomic mass is 127. The van der Waals surface area contributed by atoms with E-state index in [1.165, 1.54) is 5.56 Å². The largest absolute Gasteiger partial charge is 0.466 e. The van der Waals surface area contributed by atoms with E-state index in [4.69, 9.17) is 10.5 Å². The number of rotatable bonds is 7. The average molecular weight is 405 g/mol. The molecule has 0 unspecified atom stereocenters. The van der Waals surface area contributed by atoms with Crippen molar-refractivity contribution in [2.75, 3.05) is 18.5 Å². The number of nitrogens with one attached hydrogen (secondary N) is 1. The molecule has 0 aliphatic heterocycles. The summed E-state index contributed by atoms with van der Waals surface area (Å²) in [4.78, 5) is 15.3. The predicted molar refractivity (Wildman–Crippen MR) is 97.2 cm³/mol. The molecule has 21 heavy (non-hydrogen) atoms. The molecule has 3 N–H and O–H groups in total. The lowest BCUT2D eigenvalue weighted by atomic mass is 10.1. The Morgan fingerprint density at radius 3 is 2.52 bits per heavy atom. The van der Waals surface area contributed by atoms with Gasteiger partial charge in [0.2, 0.25) is 0 Å². The minimum absolute atomic E-state index is 0. The molecule has 0 heterocycles. The van der Waals surface area contributed by atoms with Crippen molar-refractivity contribution in [3.05, 3.63) is 29.8 Å². The number of aryl methyl sites for hydroxylation is 1. The number of halogens is 1. The molecule has 0 fully saturated rings. The van der Waals surface area contributed by atoms with Crippen molar-refractivity contribution in [2.24, 2.45) is 10.7 Å². The molecule has 0 saturated carbocycles. The summed E-state index contributed by atoms with van der Waals surface area (Å²) in [6, 6.07) is 8.05. The third-order valence-corrected chi connectivity index (χ3v) is 2.76. The van der Waals surface area contributed by atoms with Crippen LogP contribution in [0, 0.1) is 0 Å². The normalized spacial score (nSPS) is 10.7. The molecule has 0 bridgehead atoms. The van der Waals surface area contributed by atoms with Gasteiger partial charge in [0.15, 0.2) is 5.96 Å². The Labute approximate surface area is 143 Å². The van der Waals surface area contributed by atoms with Gasteiger partial charge in [-0.15, -0.1) is 24.0 Å². The second-order valence-electron chi connectivity index (χ2n) is 4.35. The first-order chi connectivity index (χ1) is 9.65. The second kappa shape index (κ2) is 11.4. The van der Waals surface area contributed by atoms with Crippen LogP contribution in [0.25, 0.3) is 0 Å². The van der Waals surface area contributed by atoms with Crippen LogP contribution in [0.15, 0.2) is 29.3 Å². The molecule has 0 spiro atoms. The zero-order valence-corrected chi connectivity index (χ0v) is 14.9.